The molecular formula is C10H13N3S2. The van der Waals surface area contributed by atoms with E-state index in [0.717, 1.165) is 21.6 Å². The van der Waals surface area contributed by atoms with Crippen LogP contribution in [0.3, 0.4) is 0 Å². The number of aromatic nitrogens is 3. The van der Waals surface area contributed by atoms with E-state index in [2.05, 4.69) is 53.7 Å². The monoisotopic (exact) mass is 239 g/mol. The lowest BCUT2D eigenvalue weighted by Gasteiger charge is -2.16. The molecule has 0 amide bonds. The lowest BCUT2D eigenvalue weighted by molar-refractivity contribution is 0.571. The Hall–Kier alpha value is -0.680. The number of rotatable bonds is 1. The second-order valence-corrected chi connectivity index (χ2v) is 5.68. The lowest BCUT2D eigenvalue weighted by atomic mass is 9.90. The van der Waals surface area contributed by atoms with Gasteiger partial charge in [-0.2, -0.15) is 5.10 Å². The Kier molecular flexibility index (Phi) is 2.68. The first kappa shape index (κ1) is 10.8. The molecule has 15 heavy (non-hydrogen) atoms. The van der Waals surface area contributed by atoms with E-state index >= 15 is 0 Å². The summed E-state index contributed by atoms with van der Waals surface area (Å²) in [4.78, 5) is 5.31. The molecule has 0 saturated heterocycles. The molecule has 0 aromatic carbocycles. The zero-order valence-corrected chi connectivity index (χ0v) is 10.6. The summed E-state index contributed by atoms with van der Waals surface area (Å²) in [6.45, 7) is 6.46. The second kappa shape index (κ2) is 3.72. The van der Waals surface area contributed by atoms with Gasteiger partial charge in [-0.05, 0) is 6.07 Å². The Morgan fingerprint density at radius 3 is 2.73 bits per heavy atom. The first-order valence-electron chi connectivity index (χ1n) is 4.68. The van der Waals surface area contributed by atoms with Crippen molar-refractivity contribution >= 4 is 33.5 Å². The van der Waals surface area contributed by atoms with E-state index in [-0.39, 0.29) is 5.41 Å². The van der Waals surface area contributed by atoms with Crippen LogP contribution < -0.4 is 0 Å². The molecule has 0 aliphatic carbocycles. The SMILES string of the molecule is CC(C)(C)c1[nH]nc2ncc(SS)cc12. The molecule has 2 rings (SSSR count). The van der Waals surface area contributed by atoms with Gasteiger partial charge >= 0.3 is 0 Å². The zero-order chi connectivity index (χ0) is 11.1. The van der Waals surface area contributed by atoms with Gasteiger partial charge in [-0.1, -0.05) is 31.6 Å². The summed E-state index contributed by atoms with van der Waals surface area (Å²) in [5.74, 6) is 0. The molecule has 0 aliphatic rings. The highest BCUT2D eigenvalue weighted by atomic mass is 33.1. The normalized spacial score (nSPS) is 12.3. The maximum Gasteiger partial charge on any atom is 0.181 e. The molecule has 2 aromatic rings. The molecule has 0 atom stereocenters. The van der Waals surface area contributed by atoms with E-state index in [4.69, 9.17) is 0 Å². The molecule has 5 heteroatoms. The molecule has 1 N–H and O–H groups in total. The highest BCUT2D eigenvalue weighted by molar-refractivity contribution is 8.68. The van der Waals surface area contributed by atoms with Gasteiger partial charge in [0.2, 0.25) is 0 Å². The molecule has 0 spiro atoms. The second-order valence-electron chi connectivity index (χ2n) is 4.48. The molecule has 0 fully saturated rings. The first-order chi connectivity index (χ1) is 7.02. The number of nitrogens with zero attached hydrogens (tertiary/aromatic N) is 2. The number of fused-ring (bicyclic) bond motifs is 1. The van der Waals surface area contributed by atoms with Crippen LogP contribution in [0, 0.1) is 0 Å². The van der Waals surface area contributed by atoms with Gasteiger partial charge in [0.05, 0.1) is 5.69 Å². The van der Waals surface area contributed by atoms with Crippen LogP contribution in [0.1, 0.15) is 26.5 Å². The average molecular weight is 239 g/mol. The maximum atomic E-state index is 4.27. The van der Waals surface area contributed by atoms with Crippen LogP contribution in [0.2, 0.25) is 0 Å². The molecular weight excluding hydrogens is 226 g/mol. The minimum atomic E-state index is 0.0519. The van der Waals surface area contributed by atoms with Crippen molar-refractivity contribution in [2.75, 3.05) is 0 Å². The zero-order valence-electron chi connectivity index (χ0n) is 8.90. The third-order valence-corrected chi connectivity index (χ3v) is 3.31. The van der Waals surface area contributed by atoms with Gasteiger partial charge in [0.15, 0.2) is 5.65 Å². The molecule has 0 bridgehead atoms. The molecule has 2 aromatic heterocycles. The quantitative estimate of drug-likeness (QED) is 0.593. The fourth-order valence-corrected chi connectivity index (χ4v) is 2.07. The van der Waals surface area contributed by atoms with Gasteiger partial charge in [-0.25, -0.2) is 4.98 Å². The third kappa shape index (κ3) is 1.99. The molecule has 0 unspecified atom stereocenters. The number of thiol groups is 1. The van der Waals surface area contributed by atoms with Crippen molar-refractivity contribution < 1.29 is 0 Å². The number of hydrogen-bond donors (Lipinski definition) is 2. The van der Waals surface area contributed by atoms with Gasteiger partial charge in [-0.3, -0.25) is 5.10 Å². The standard InChI is InChI=1S/C10H13N3S2/c1-10(2,3)8-7-4-6(15-14)5-11-9(7)13-12-8/h4-5,14H,1-3H3,(H,11,12,13). The van der Waals surface area contributed by atoms with Crippen molar-refractivity contribution in [3.63, 3.8) is 0 Å². The van der Waals surface area contributed by atoms with Crippen molar-refractivity contribution in [3.05, 3.63) is 18.0 Å². The van der Waals surface area contributed by atoms with Crippen LogP contribution in [-0.4, -0.2) is 15.2 Å². The fraction of sp³-hybridized carbons (Fsp3) is 0.400. The van der Waals surface area contributed by atoms with Crippen molar-refractivity contribution in [1.29, 1.82) is 0 Å². The Morgan fingerprint density at radius 1 is 1.40 bits per heavy atom. The van der Waals surface area contributed by atoms with E-state index in [1.165, 1.54) is 10.8 Å². The summed E-state index contributed by atoms with van der Waals surface area (Å²) >= 11 is 4.17. The molecule has 0 saturated carbocycles. The van der Waals surface area contributed by atoms with Gasteiger partial charge in [0.1, 0.15) is 0 Å². The number of hydrogen-bond acceptors (Lipinski definition) is 4. The van der Waals surface area contributed by atoms with Crippen molar-refractivity contribution in [2.24, 2.45) is 0 Å². The molecule has 0 aliphatic heterocycles. The predicted octanol–water partition coefficient (Wildman–Crippen LogP) is 3.19. The topological polar surface area (TPSA) is 41.6 Å². The maximum absolute atomic E-state index is 4.27. The highest BCUT2D eigenvalue weighted by Gasteiger charge is 2.20. The Bertz CT molecular complexity index is 485. The smallest absolute Gasteiger partial charge is 0.181 e. The van der Waals surface area contributed by atoms with E-state index in [9.17, 15) is 0 Å². The number of aromatic amines is 1. The van der Waals surface area contributed by atoms with Gasteiger partial charge in [0, 0.05) is 21.9 Å². The van der Waals surface area contributed by atoms with E-state index in [1.54, 1.807) is 6.20 Å². The number of pyridine rings is 1. The van der Waals surface area contributed by atoms with Gasteiger partial charge in [-0.15, -0.1) is 11.7 Å². The summed E-state index contributed by atoms with van der Waals surface area (Å²) in [7, 11) is 1.40. The predicted molar refractivity (Wildman–Crippen MR) is 67.4 cm³/mol. The first-order valence-corrected chi connectivity index (χ1v) is 6.55. The summed E-state index contributed by atoms with van der Waals surface area (Å²) < 4.78 is 0. The van der Waals surface area contributed by atoms with Gasteiger partial charge in [0.25, 0.3) is 0 Å². The largest absolute Gasteiger partial charge is 0.279 e. The van der Waals surface area contributed by atoms with Crippen LogP contribution >= 0.6 is 22.5 Å². The lowest BCUT2D eigenvalue weighted by Crippen LogP contribution is -2.12. The summed E-state index contributed by atoms with van der Waals surface area (Å²) in [5.41, 5.74) is 1.94. The van der Waals surface area contributed by atoms with Crippen LogP contribution in [0.25, 0.3) is 11.0 Å². The molecule has 80 valence electrons. The number of nitrogens with one attached hydrogen (secondary N) is 1. The Labute approximate surface area is 97.9 Å². The molecule has 3 nitrogen and oxygen atoms in total. The third-order valence-electron chi connectivity index (χ3n) is 2.24. The molecule has 0 radical (unpaired) electrons. The van der Waals surface area contributed by atoms with Crippen LogP contribution in [-0.2, 0) is 5.41 Å². The van der Waals surface area contributed by atoms with E-state index < -0.39 is 0 Å². The fourth-order valence-electron chi connectivity index (χ4n) is 1.50. The van der Waals surface area contributed by atoms with Crippen molar-refractivity contribution in [2.45, 2.75) is 31.1 Å². The van der Waals surface area contributed by atoms with Crippen LogP contribution in [0.4, 0.5) is 0 Å². The van der Waals surface area contributed by atoms with Crippen LogP contribution in [0.5, 0.6) is 0 Å². The molecule has 2 heterocycles. The van der Waals surface area contributed by atoms with E-state index in [1.807, 2.05) is 0 Å². The van der Waals surface area contributed by atoms with Crippen molar-refractivity contribution in [3.8, 4) is 0 Å². The Morgan fingerprint density at radius 2 is 2.13 bits per heavy atom. The average Bonchev–Trinajstić information content (AvgIpc) is 2.59. The summed E-state index contributed by atoms with van der Waals surface area (Å²) in [6.07, 6.45) is 1.78. The minimum absolute atomic E-state index is 0.0519. The Balaban J connectivity index is 2.67. The van der Waals surface area contributed by atoms with Crippen molar-refractivity contribution in [1.82, 2.24) is 15.2 Å². The van der Waals surface area contributed by atoms with Gasteiger partial charge < -0.3 is 0 Å². The summed E-state index contributed by atoms with van der Waals surface area (Å²) in [5, 5.41) is 8.33. The number of H-pyrrole nitrogens is 1. The summed E-state index contributed by atoms with van der Waals surface area (Å²) in [6, 6.07) is 2.07. The highest BCUT2D eigenvalue weighted by Crippen LogP contribution is 2.30. The van der Waals surface area contributed by atoms with Crippen LogP contribution in [0.15, 0.2) is 17.2 Å². The minimum Gasteiger partial charge on any atom is -0.279 e. The van der Waals surface area contributed by atoms with E-state index in [0.29, 0.717) is 0 Å².